The van der Waals surface area contributed by atoms with E-state index in [4.69, 9.17) is 27.9 Å². The number of nitrogens with one attached hydrogen (secondary N) is 1. The summed E-state index contributed by atoms with van der Waals surface area (Å²) in [6.45, 7) is 0.274. The molecule has 0 bridgehead atoms. The van der Waals surface area contributed by atoms with Crippen molar-refractivity contribution in [2.45, 2.75) is 13.0 Å². The van der Waals surface area contributed by atoms with E-state index in [1.165, 1.54) is 11.7 Å². The molecule has 2 aromatic carbocycles. The highest BCUT2D eigenvalue weighted by Gasteiger charge is 2.17. The number of pyridine rings is 2. The fraction of sp³-hybridized carbons (Fsp3) is 0.160. The van der Waals surface area contributed by atoms with Crippen molar-refractivity contribution < 1.29 is 14.6 Å². The zero-order chi connectivity index (χ0) is 24.4. The van der Waals surface area contributed by atoms with Crippen LogP contribution in [0.25, 0.3) is 10.9 Å². The van der Waals surface area contributed by atoms with E-state index in [2.05, 4.69) is 10.3 Å². The van der Waals surface area contributed by atoms with Crippen LogP contribution in [0.15, 0.2) is 59.5 Å². The number of aromatic nitrogens is 2. The lowest BCUT2D eigenvalue weighted by atomic mass is 10.0. The zero-order valence-electron chi connectivity index (χ0n) is 18.4. The molecular formula is C25H21Cl2N3O4. The maximum absolute atomic E-state index is 12.9. The molecule has 9 heteroatoms. The topological polar surface area (TPSA) is 93.5 Å². The van der Waals surface area contributed by atoms with Gasteiger partial charge in [0, 0.05) is 43.2 Å². The first kappa shape index (κ1) is 23.6. The van der Waals surface area contributed by atoms with Gasteiger partial charge in [-0.2, -0.15) is 0 Å². The average molecular weight is 498 g/mol. The first-order valence-corrected chi connectivity index (χ1v) is 11.1. The molecule has 0 aliphatic heterocycles. The van der Waals surface area contributed by atoms with E-state index >= 15 is 0 Å². The number of methoxy groups -OCH3 is 1. The lowest BCUT2D eigenvalue weighted by molar-refractivity contribution is 0.0951. The molecule has 4 aromatic rings. The third-order valence-corrected chi connectivity index (χ3v) is 6.29. The standard InChI is InChI=1S/C25H21Cl2N3O4/c1-30-21-7-5-16(24(32)29-13-15-4-8-22(34-2)28-12-15)11-17(21)23(31)18(25(30)33)9-14-3-6-19(26)20(27)10-14/h3-8,10-12,31H,9,13H2,1-2H3,(H,29,32). The predicted octanol–water partition coefficient (Wildman–Crippen LogP) is 4.48. The SMILES string of the molecule is COc1ccc(CNC(=O)c2ccc3c(c2)c(O)c(Cc2ccc(Cl)c(Cl)c2)c(=O)n3C)cn1. The number of rotatable bonds is 6. The van der Waals surface area contributed by atoms with Crippen LogP contribution >= 0.6 is 23.2 Å². The Morgan fingerprint density at radius 1 is 1.09 bits per heavy atom. The van der Waals surface area contributed by atoms with Gasteiger partial charge in [-0.1, -0.05) is 35.3 Å². The van der Waals surface area contributed by atoms with Gasteiger partial charge < -0.3 is 19.7 Å². The number of fused-ring (bicyclic) bond motifs is 1. The number of amides is 1. The van der Waals surface area contributed by atoms with Gasteiger partial charge in [0.25, 0.3) is 11.5 Å². The third kappa shape index (κ3) is 4.71. The highest BCUT2D eigenvalue weighted by molar-refractivity contribution is 6.42. The van der Waals surface area contributed by atoms with Crippen molar-refractivity contribution >= 4 is 40.0 Å². The van der Waals surface area contributed by atoms with E-state index in [1.807, 2.05) is 6.07 Å². The highest BCUT2D eigenvalue weighted by Crippen LogP contribution is 2.30. The molecular weight excluding hydrogens is 477 g/mol. The maximum Gasteiger partial charge on any atom is 0.258 e. The number of aromatic hydroxyl groups is 1. The molecule has 0 radical (unpaired) electrons. The van der Waals surface area contributed by atoms with E-state index in [9.17, 15) is 14.7 Å². The summed E-state index contributed by atoms with van der Waals surface area (Å²) in [4.78, 5) is 29.8. The number of aryl methyl sites for hydroxylation is 1. The van der Waals surface area contributed by atoms with Crippen LogP contribution < -0.4 is 15.6 Å². The van der Waals surface area contributed by atoms with Crippen molar-refractivity contribution in [2.24, 2.45) is 7.05 Å². The number of nitrogens with zero attached hydrogens (tertiary/aromatic N) is 2. The summed E-state index contributed by atoms with van der Waals surface area (Å²) in [5.41, 5.74) is 2.27. The molecule has 0 aliphatic carbocycles. The van der Waals surface area contributed by atoms with Gasteiger partial charge in [-0.25, -0.2) is 4.98 Å². The largest absolute Gasteiger partial charge is 0.507 e. The summed E-state index contributed by atoms with van der Waals surface area (Å²) < 4.78 is 6.48. The molecule has 0 aliphatic rings. The minimum atomic E-state index is -0.333. The van der Waals surface area contributed by atoms with Gasteiger partial charge in [0.05, 0.1) is 28.2 Å². The Morgan fingerprint density at radius 3 is 2.53 bits per heavy atom. The molecule has 1 amide bonds. The monoisotopic (exact) mass is 497 g/mol. The van der Waals surface area contributed by atoms with Crippen molar-refractivity contribution in [1.82, 2.24) is 14.9 Å². The minimum Gasteiger partial charge on any atom is -0.507 e. The second-order valence-electron chi connectivity index (χ2n) is 7.74. The van der Waals surface area contributed by atoms with Crippen molar-refractivity contribution in [3.05, 3.63) is 97.4 Å². The Labute approximate surface area is 205 Å². The number of halogens is 2. The van der Waals surface area contributed by atoms with Gasteiger partial charge in [0.1, 0.15) is 5.75 Å². The second kappa shape index (κ2) is 9.75. The Hall–Kier alpha value is -3.55. The van der Waals surface area contributed by atoms with Crippen LogP contribution in [0.4, 0.5) is 0 Å². The molecule has 7 nitrogen and oxygen atoms in total. The van der Waals surface area contributed by atoms with Crippen LogP contribution in [-0.2, 0) is 20.0 Å². The van der Waals surface area contributed by atoms with Gasteiger partial charge in [0.2, 0.25) is 5.88 Å². The van der Waals surface area contributed by atoms with E-state index in [-0.39, 0.29) is 35.7 Å². The Bertz CT molecular complexity index is 1450. The van der Waals surface area contributed by atoms with E-state index in [0.717, 1.165) is 11.1 Å². The van der Waals surface area contributed by atoms with Crippen LogP contribution in [0.5, 0.6) is 11.6 Å². The average Bonchev–Trinajstić information content (AvgIpc) is 2.85. The molecule has 174 valence electrons. The number of carbonyl (C=O) groups is 1. The van der Waals surface area contributed by atoms with Crippen molar-refractivity contribution in [1.29, 1.82) is 0 Å². The lowest BCUT2D eigenvalue weighted by Crippen LogP contribution is -2.24. The van der Waals surface area contributed by atoms with Gasteiger partial charge >= 0.3 is 0 Å². The van der Waals surface area contributed by atoms with Gasteiger partial charge in [-0.3, -0.25) is 9.59 Å². The highest BCUT2D eigenvalue weighted by atomic mass is 35.5. The van der Waals surface area contributed by atoms with Gasteiger partial charge in [0.15, 0.2) is 0 Å². The Balaban J connectivity index is 1.64. The Morgan fingerprint density at radius 2 is 1.85 bits per heavy atom. The van der Waals surface area contributed by atoms with Crippen molar-refractivity contribution in [3.8, 4) is 11.6 Å². The number of carbonyl (C=O) groups excluding carboxylic acids is 1. The molecule has 0 atom stereocenters. The molecule has 0 unspecified atom stereocenters. The van der Waals surface area contributed by atoms with E-state index in [0.29, 0.717) is 32.4 Å². The molecule has 0 fully saturated rings. The summed E-state index contributed by atoms with van der Waals surface area (Å²) in [7, 11) is 3.16. The molecule has 34 heavy (non-hydrogen) atoms. The fourth-order valence-corrected chi connectivity index (χ4v) is 3.99. The van der Waals surface area contributed by atoms with Crippen LogP contribution in [0.1, 0.15) is 27.0 Å². The first-order valence-electron chi connectivity index (χ1n) is 10.3. The molecule has 4 rings (SSSR count). The summed E-state index contributed by atoms with van der Waals surface area (Å²) in [6, 6.07) is 13.4. The number of ether oxygens (including phenoxy) is 1. The summed E-state index contributed by atoms with van der Waals surface area (Å²) in [5, 5.41) is 15.0. The predicted molar refractivity (Wildman–Crippen MR) is 132 cm³/mol. The second-order valence-corrected chi connectivity index (χ2v) is 8.55. The van der Waals surface area contributed by atoms with Gasteiger partial charge in [-0.05, 0) is 41.5 Å². The fourth-order valence-electron chi connectivity index (χ4n) is 3.67. The number of benzene rings is 2. The normalized spacial score (nSPS) is 10.9. The van der Waals surface area contributed by atoms with Crippen molar-refractivity contribution in [3.63, 3.8) is 0 Å². The third-order valence-electron chi connectivity index (χ3n) is 5.55. The molecule has 0 saturated carbocycles. The van der Waals surface area contributed by atoms with Gasteiger partial charge in [-0.15, -0.1) is 0 Å². The number of hydrogen-bond acceptors (Lipinski definition) is 5. The van der Waals surface area contributed by atoms with Crippen LogP contribution in [0.2, 0.25) is 10.0 Å². The van der Waals surface area contributed by atoms with E-state index < -0.39 is 0 Å². The van der Waals surface area contributed by atoms with Crippen molar-refractivity contribution in [2.75, 3.05) is 7.11 Å². The first-order chi connectivity index (χ1) is 16.3. The summed E-state index contributed by atoms with van der Waals surface area (Å²) in [5.74, 6) is -0.00227. The summed E-state index contributed by atoms with van der Waals surface area (Å²) in [6.07, 6.45) is 1.78. The Kier molecular flexibility index (Phi) is 6.77. The molecule has 0 spiro atoms. The molecule has 2 aromatic heterocycles. The molecule has 2 N–H and O–H groups in total. The molecule has 2 heterocycles. The number of hydrogen-bond donors (Lipinski definition) is 2. The lowest BCUT2D eigenvalue weighted by Gasteiger charge is -2.14. The maximum atomic E-state index is 12.9. The quantitative estimate of drug-likeness (QED) is 0.409. The van der Waals surface area contributed by atoms with Crippen LogP contribution in [-0.4, -0.2) is 27.7 Å². The molecule has 0 saturated heterocycles. The van der Waals surface area contributed by atoms with E-state index in [1.54, 1.807) is 55.7 Å². The van der Waals surface area contributed by atoms with Crippen LogP contribution in [0, 0.1) is 0 Å². The smallest absolute Gasteiger partial charge is 0.258 e. The minimum absolute atomic E-state index is 0.159. The summed E-state index contributed by atoms with van der Waals surface area (Å²) >= 11 is 12.1. The zero-order valence-corrected chi connectivity index (χ0v) is 19.9. The van der Waals surface area contributed by atoms with Crippen LogP contribution in [0.3, 0.4) is 0 Å².